The quantitative estimate of drug-likeness (QED) is 0.699. The lowest BCUT2D eigenvalue weighted by molar-refractivity contribution is -0.145. The molecule has 1 saturated heterocycles. The molecule has 0 bridgehead atoms. The number of sulfonamides is 1. The molecule has 0 amide bonds. The molecule has 116 valence electrons. The number of hydrogen-bond donors (Lipinski definition) is 0. The molecular weight excluding hydrogens is 280 g/mol. The van der Waals surface area contributed by atoms with Gasteiger partial charge < -0.3 is 9.64 Å². The smallest absolute Gasteiger partial charge is 0.310 e. The number of carbonyl (C=O) groups is 1. The van der Waals surface area contributed by atoms with Crippen LogP contribution < -0.4 is 0 Å². The third-order valence-electron chi connectivity index (χ3n) is 4.56. The maximum absolute atomic E-state index is 12.7. The predicted octanol–water partition coefficient (Wildman–Crippen LogP) is 0.294. The average Bonchev–Trinajstić information content (AvgIpc) is 3.06. The van der Waals surface area contributed by atoms with Gasteiger partial charge in [0.1, 0.15) is 0 Å². The molecule has 0 aromatic rings. The van der Waals surface area contributed by atoms with Gasteiger partial charge in [-0.15, -0.1) is 0 Å². The first kappa shape index (κ1) is 15.7. The van der Waals surface area contributed by atoms with Gasteiger partial charge in [0, 0.05) is 19.1 Å². The Balaban J connectivity index is 2.12. The van der Waals surface area contributed by atoms with Crippen LogP contribution in [0.5, 0.6) is 0 Å². The minimum absolute atomic E-state index is 0.266. The van der Waals surface area contributed by atoms with E-state index in [1.54, 1.807) is 4.31 Å². The van der Waals surface area contributed by atoms with Crippen LogP contribution in [0.4, 0.5) is 0 Å². The lowest BCUT2D eigenvalue weighted by atomic mass is 10.1. The summed E-state index contributed by atoms with van der Waals surface area (Å²) in [6, 6.07) is 0.266. The molecule has 1 aliphatic carbocycles. The van der Waals surface area contributed by atoms with Crippen LogP contribution in [0.2, 0.25) is 0 Å². The van der Waals surface area contributed by atoms with Gasteiger partial charge in [-0.1, -0.05) is 6.42 Å². The number of likely N-dealkylation sites (N-methyl/N-ethyl adjacent to an activating group) is 1. The van der Waals surface area contributed by atoms with Gasteiger partial charge >= 0.3 is 5.97 Å². The molecule has 2 aliphatic rings. The Hall–Kier alpha value is -0.660. The van der Waals surface area contributed by atoms with Crippen LogP contribution in [-0.2, 0) is 19.6 Å². The molecule has 0 N–H and O–H groups in total. The fourth-order valence-electron chi connectivity index (χ4n) is 3.26. The summed E-state index contributed by atoms with van der Waals surface area (Å²) >= 11 is 0. The van der Waals surface area contributed by atoms with Crippen molar-refractivity contribution in [2.75, 3.05) is 34.3 Å². The van der Waals surface area contributed by atoms with Crippen molar-refractivity contribution in [2.24, 2.45) is 5.92 Å². The lowest BCUT2D eigenvalue weighted by Crippen LogP contribution is -2.42. The molecule has 1 aliphatic heterocycles. The Bertz CT molecular complexity index is 463. The van der Waals surface area contributed by atoms with E-state index in [4.69, 9.17) is 4.74 Å². The molecule has 1 saturated carbocycles. The number of hydrogen-bond acceptors (Lipinski definition) is 5. The highest BCUT2D eigenvalue weighted by molar-refractivity contribution is 7.89. The van der Waals surface area contributed by atoms with Crippen molar-refractivity contribution >= 4 is 16.0 Å². The third-order valence-corrected chi connectivity index (χ3v) is 6.94. The minimum Gasteiger partial charge on any atom is -0.469 e. The van der Waals surface area contributed by atoms with Gasteiger partial charge in [0.25, 0.3) is 0 Å². The second-order valence-corrected chi connectivity index (χ2v) is 8.06. The van der Waals surface area contributed by atoms with Crippen LogP contribution in [0.1, 0.15) is 25.7 Å². The molecule has 3 atom stereocenters. The van der Waals surface area contributed by atoms with Crippen LogP contribution in [0.15, 0.2) is 0 Å². The van der Waals surface area contributed by atoms with E-state index in [2.05, 4.69) is 4.90 Å². The van der Waals surface area contributed by atoms with E-state index < -0.39 is 21.2 Å². The maximum Gasteiger partial charge on any atom is 0.310 e. The van der Waals surface area contributed by atoms with Crippen molar-refractivity contribution in [3.8, 4) is 0 Å². The van der Waals surface area contributed by atoms with Crippen LogP contribution in [0, 0.1) is 5.92 Å². The number of rotatable bonds is 4. The molecule has 2 rings (SSSR count). The first-order valence-corrected chi connectivity index (χ1v) is 8.61. The molecule has 0 aromatic heterocycles. The molecule has 3 unspecified atom stereocenters. The van der Waals surface area contributed by atoms with Gasteiger partial charge in [-0.3, -0.25) is 4.79 Å². The summed E-state index contributed by atoms with van der Waals surface area (Å²) in [6.45, 7) is 1.08. The van der Waals surface area contributed by atoms with Crippen molar-refractivity contribution < 1.29 is 17.9 Å². The Labute approximate surface area is 121 Å². The number of esters is 1. The monoisotopic (exact) mass is 304 g/mol. The molecule has 0 radical (unpaired) electrons. The molecule has 0 aromatic carbocycles. The van der Waals surface area contributed by atoms with Crippen molar-refractivity contribution in [1.29, 1.82) is 0 Å². The Kier molecular flexibility index (Phi) is 4.71. The highest BCUT2D eigenvalue weighted by Gasteiger charge is 2.46. The third kappa shape index (κ3) is 2.84. The zero-order valence-corrected chi connectivity index (χ0v) is 13.2. The zero-order chi connectivity index (χ0) is 14.9. The fraction of sp³-hybridized carbons (Fsp3) is 0.923. The number of methoxy groups -OCH3 is 1. The van der Waals surface area contributed by atoms with Crippen LogP contribution >= 0.6 is 0 Å². The molecule has 6 nitrogen and oxygen atoms in total. The van der Waals surface area contributed by atoms with Gasteiger partial charge in [-0.05, 0) is 33.4 Å². The van der Waals surface area contributed by atoms with Gasteiger partial charge in [-0.2, -0.15) is 0 Å². The lowest BCUT2D eigenvalue weighted by Gasteiger charge is -2.25. The topological polar surface area (TPSA) is 66.9 Å². The summed E-state index contributed by atoms with van der Waals surface area (Å²) in [6.07, 6.45) is 2.79. The molecule has 7 heteroatoms. The highest BCUT2D eigenvalue weighted by atomic mass is 32.2. The highest BCUT2D eigenvalue weighted by Crippen LogP contribution is 2.35. The fourth-order valence-corrected chi connectivity index (χ4v) is 5.51. The minimum atomic E-state index is -3.40. The molecule has 0 spiro atoms. The summed E-state index contributed by atoms with van der Waals surface area (Å²) < 4.78 is 31.8. The van der Waals surface area contributed by atoms with Gasteiger partial charge in [0.15, 0.2) is 0 Å². The van der Waals surface area contributed by atoms with E-state index in [0.717, 1.165) is 12.8 Å². The molecule has 2 fully saturated rings. The largest absolute Gasteiger partial charge is 0.469 e. The first-order valence-electron chi connectivity index (χ1n) is 7.11. The van der Waals surface area contributed by atoms with Crippen LogP contribution in [0.25, 0.3) is 0 Å². The predicted molar refractivity (Wildman–Crippen MR) is 75.7 cm³/mol. The summed E-state index contributed by atoms with van der Waals surface area (Å²) in [5, 5.41) is -0.601. The zero-order valence-electron chi connectivity index (χ0n) is 12.4. The van der Waals surface area contributed by atoms with Crippen LogP contribution in [-0.4, -0.2) is 69.2 Å². The van der Waals surface area contributed by atoms with E-state index in [0.29, 0.717) is 25.9 Å². The van der Waals surface area contributed by atoms with Gasteiger partial charge in [-0.25, -0.2) is 12.7 Å². The normalized spacial score (nSPS) is 31.9. The summed E-state index contributed by atoms with van der Waals surface area (Å²) in [4.78, 5) is 13.8. The van der Waals surface area contributed by atoms with E-state index in [9.17, 15) is 13.2 Å². The standard InChI is InChI=1S/C13H24N2O4S/c1-14(2)10-7-8-15(9-10)20(17,18)12-6-4-5-11(12)13(16)19-3/h10-12H,4-9H2,1-3H3. The number of ether oxygens (including phenoxy) is 1. The van der Waals surface area contributed by atoms with Crippen molar-refractivity contribution in [3.63, 3.8) is 0 Å². The van der Waals surface area contributed by atoms with E-state index in [-0.39, 0.29) is 12.0 Å². The Morgan fingerprint density at radius 2 is 1.95 bits per heavy atom. The number of carbonyl (C=O) groups excluding carboxylic acids is 1. The Morgan fingerprint density at radius 1 is 1.25 bits per heavy atom. The van der Waals surface area contributed by atoms with Crippen LogP contribution in [0.3, 0.4) is 0 Å². The second-order valence-electron chi connectivity index (χ2n) is 5.91. The average molecular weight is 304 g/mol. The van der Waals surface area contributed by atoms with Crippen molar-refractivity contribution in [3.05, 3.63) is 0 Å². The van der Waals surface area contributed by atoms with E-state index in [1.807, 2.05) is 14.1 Å². The van der Waals surface area contributed by atoms with Gasteiger partial charge in [0.2, 0.25) is 10.0 Å². The van der Waals surface area contributed by atoms with Crippen molar-refractivity contribution in [1.82, 2.24) is 9.21 Å². The SMILES string of the molecule is COC(=O)C1CCCC1S(=O)(=O)N1CCC(N(C)C)C1. The number of nitrogens with zero attached hydrogens (tertiary/aromatic N) is 2. The summed E-state index contributed by atoms with van der Waals surface area (Å²) in [7, 11) is 1.85. The maximum atomic E-state index is 12.7. The van der Waals surface area contributed by atoms with Gasteiger partial charge in [0.05, 0.1) is 18.3 Å². The summed E-state index contributed by atoms with van der Waals surface area (Å²) in [5.74, 6) is -0.886. The summed E-state index contributed by atoms with van der Waals surface area (Å²) in [5.41, 5.74) is 0. The molecule has 1 heterocycles. The van der Waals surface area contributed by atoms with E-state index >= 15 is 0 Å². The second kappa shape index (κ2) is 5.99. The first-order chi connectivity index (χ1) is 9.37. The molecule has 20 heavy (non-hydrogen) atoms. The van der Waals surface area contributed by atoms with Crippen molar-refractivity contribution in [2.45, 2.75) is 37.0 Å². The molecular formula is C13H24N2O4S. The Morgan fingerprint density at radius 3 is 2.50 bits per heavy atom. The van der Waals surface area contributed by atoms with E-state index in [1.165, 1.54) is 7.11 Å².